The second-order valence-electron chi connectivity index (χ2n) is 15.5. The predicted molar refractivity (Wildman–Crippen MR) is 225 cm³/mol. The van der Waals surface area contributed by atoms with Crippen LogP contribution in [-0.2, 0) is 55.3 Å². The van der Waals surface area contributed by atoms with E-state index in [9.17, 15) is 58.2 Å². The lowest BCUT2D eigenvalue weighted by Gasteiger charge is -2.27. The van der Waals surface area contributed by atoms with E-state index in [1.54, 1.807) is 0 Å². The Bertz CT molecular complexity index is 3200. The Labute approximate surface area is 386 Å². The number of fused-ring (bicyclic) bond motifs is 3. The molecular weight excluding hydrogens is 1010 g/mol. The van der Waals surface area contributed by atoms with Gasteiger partial charge < -0.3 is 71.0 Å². The number of nitrogens with two attached hydrogens (primary N) is 3. The first-order chi connectivity index (χ1) is 33.0. The Hall–Kier alpha value is -5.30. The molecule has 3 saturated heterocycles. The number of aliphatic hydroxyl groups is 3. The summed E-state index contributed by atoms with van der Waals surface area (Å²) >= 11 is 0. The molecule has 380 valence electrons. The molecule has 14 atom stereocenters. The molecule has 0 aromatic carbocycles. The van der Waals surface area contributed by atoms with Crippen molar-refractivity contribution in [2.75, 3.05) is 44.1 Å². The van der Waals surface area contributed by atoms with Gasteiger partial charge in [-0.1, -0.05) is 0 Å². The lowest BCUT2D eigenvalue weighted by molar-refractivity contribution is -0.0618. The quantitative estimate of drug-likeness (QED) is 0.0385. The standard InChI is InChI=1S/C31H40N15O21P3/c1-59-20-19(11(3-60-68(52,53)54)65-29(20)46-8-39-14-24(46)41-31(34)43-26(14)51)67-70(57,58)62-4-10-18(17(49)28(64-10)44-6-37-12-21(32)35-5-36-22(12)44)66-69(55,56)61-2-9-15(47)16(48)27(63-9)45-7-38-13-23(45)40-30(33)42-25(13)50/h5-11,15-20,27-29,47-49H,2-4H2,1H3,(H,55,56)(H,57,58)(H2,32,35,36)(H2,52,53,54)(H3,33,40,42,50)(H3,34,41,43,51)/t9-,10-,11-,15-,16-,17-,18-,19-,20-,27?,28?,29?/m1/s1. The summed E-state index contributed by atoms with van der Waals surface area (Å²) in [6, 6.07) is 0. The van der Waals surface area contributed by atoms with Gasteiger partial charge in [-0.2, -0.15) is 9.97 Å². The van der Waals surface area contributed by atoms with Crippen molar-refractivity contribution in [2.45, 2.75) is 73.6 Å². The van der Waals surface area contributed by atoms with Gasteiger partial charge in [0.05, 0.1) is 38.8 Å². The zero-order valence-corrected chi connectivity index (χ0v) is 37.9. The third kappa shape index (κ3) is 9.60. The van der Waals surface area contributed by atoms with Crippen molar-refractivity contribution < 1.29 is 90.2 Å². The number of ether oxygens (including phenoxy) is 4. The van der Waals surface area contributed by atoms with Gasteiger partial charge in [0.2, 0.25) is 11.9 Å². The number of aromatic nitrogens is 12. The van der Waals surface area contributed by atoms with Gasteiger partial charge in [0, 0.05) is 7.11 Å². The maximum absolute atomic E-state index is 13.8. The van der Waals surface area contributed by atoms with E-state index in [4.69, 9.17) is 54.2 Å². The minimum absolute atomic E-state index is 0.0109. The Morgan fingerprint density at radius 2 is 1.07 bits per heavy atom. The predicted octanol–water partition coefficient (Wildman–Crippen LogP) is -4.26. The van der Waals surface area contributed by atoms with Crippen LogP contribution >= 0.6 is 23.5 Å². The Balaban J connectivity index is 0.941. The molecule has 3 fully saturated rings. The summed E-state index contributed by atoms with van der Waals surface area (Å²) in [5.41, 5.74) is 15.2. The van der Waals surface area contributed by atoms with Crippen molar-refractivity contribution >= 4 is 74.7 Å². The number of hydrogen-bond donors (Lipinski definition) is 12. The fourth-order valence-corrected chi connectivity index (χ4v) is 10.2. The van der Waals surface area contributed by atoms with Crippen LogP contribution < -0.4 is 28.3 Å². The maximum Gasteiger partial charge on any atom is 0.472 e. The molecule has 0 aliphatic carbocycles. The number of phosphoric acid groups is 3. The number of phosphoric ester groups is 3. The smallest absolute Gasteiger partial charge is 0.387 e. The van der Waals surface area contributed by atoms with Crippen molar-refractivity contribution in [3.63, 3.8) is 0 Å². The van der Waals surface area contributed by atoms with E-state index in [2.05, 4.69) is 49.4 Å². The van der Waals surface area contributed by atoms with Crippen molar-refractivity contribution in [3.05, 3.63) is 46.0 Å². The van der Waals surface area contributed by atoms with E-state index in [0.29, 0.717) is 0 Å². The summed E-state index contributed by atoms with van der Waals surface area (Å²) < 4.78 is 91.6. The first-order valence-electron chi connectivity index (χ1n) is 20.0. The van der Waals surface area contributed by atoms with E-state index < -0.39 is 128 Å². The molecule has 70 heavy (non-hydrogen) atoms. The normalized spacial score (nSPS) is 30.2. The number of H-pyrrole nitrogens is 2. The molecule has 39 heteroatoms. The zero-order chi connectivity index (χ0) is 50.2. The van der Waals surface area contributed by atoms with E-state index in [-0.39, 0.29) is 51.2 Å². The molecule has 0 radical (unpaired) electrons. The van der Waals surface area contributed by atoms with E-state index in [1.807, 2.05) is 0 Å². The third-order valence-corrected chi connectivity index (χ3v) is 13.5. The monoisotopic (exact) mass is 1050 g/mol. The maximum atomic E-state index is 13.8. The highest BCUT2D eigenvalue weighted by Crippen LogP contribution is 2.53. The lowest BCUT2D eigenvalue weighted by Crippen LogP contribution is -2.38. The van der Waals surface area contributed by atoms with E-state index >= 15 is 0 Å². The molecular formula is C31H40N15O21P3. The van der Waals surface area contributed by atoms with Crippen LogP contribution in [0.2, 0.25) is 0 Å². The molecule has 6 aromatic rings. The fourth-order valence-electron chi connectivity index (χ4n) is 7.94. The SMILES string of the molecule is CO[C@H]1C(n2cnc3c(=O)[nH]c(N)nc32)O[C@H](COP(=O)(O)O)[C@H]1OP(=O)(O)OC[C@H]1OC(n2cnc3c(N)ncnc32)[C@H](O)[C@@H]1OP(=O)(O)OC[C@H]1OC(n2cnc3c(=O)[nH]c(N)nc32)[C@H](O)[C@@H]1O. The van der Waals surface area contributed by atoms with Gasteiger partial charge in [-0.05, 0) is 0 Å². The number of aromatic amines is 2. The van der Waals surface area contributed by atoms with Crippen molar-refractivity contribution in [1.82, 2.24) is 58.6 Å². The summed E-state index contributed by atoms with van der Waals surface area (Å²) in [5, 5.41) is 33.4. The van der Waals surface area contributed by atoms with Crippen LogP contribution in [0.4, 0.5) is 17.7 Å². The third-order valence-electron chi connectivity index (χ3n) is 11.0. The number of nitrogens with zero attached hydrogens (tertiary/aromatic N) is 10. The highest BCUT2D eigenvalue weighted by molar-refractivity contribution is 7.47. The van der Waals surface area contributed by atoms with E-state index in [0.717, 1.165) is 46.1 Å². The second kappa shape index (κ2) is 18.7. The van der Waals surface area contributed by atoms with Crippen molar-refractivity contribution in [3.8, 4) is 0 Å². The molecule has 0 spiro atoms. The van der Waals surface area contributed by atoms with Crippen LogP contribution in [0.25, 0.3) is 33.5 Å². The highest BCUT2D eigenvalue weighted by atomic mass is 31.2. The van der Waals surface area contributed by atoms with Gasteiger partial charge in [0.25, 0.3) is 11.1 Å². The molecule has 3 aliphatic rings. The molecule has 0 saturated carbocycles. The van der Waals surface area contributed by atoms with Crippen molar-refractivity contribution in [1.29, 1.82) is 0 Å². The molecule has 0 amide bonds. The Morgan fingerprint density at radius 3 is 1.66 bits per heavy atom. The van der Waals surface area contributed by atoms with Gasteiger partial charge in [0.15, 0.2) is 52.5 Å². The molecule has 9 rings (SSSR count). The van der Waals surface area contributed by atoms with Gasteiger partial charge in [-0.25, -0.2) is 38.6 Å². The minimum atomic E-state index is -5.49. The molecule has 15 N–H and O–H groups in total. The zero-order valence-electron chi connectivity index (χ0n) is 35.3. The van der Waals surface area contributed by atoms with Gasteiger partial charge >= 0.3 is 23.5 Å². The van der Waals surface area contributed by atoms with Crippen molar-refractivity contribution in [2.24, 2.45) is 0 Å². The molecule has 3 aliphatic heterocycles. The summed E-state index contributed by atoms with van der Waals surface area (Å²) in [4.78, 5) is 98.5. The molecule has 9 heterocycles. The number of methoxy groups -OCH3 is 1. The average molecular weight is 1050 g/mol. The molecule has 36 nitrogen and oxygen atoms in total. The average Bonchev–Trinajstić information content (AvgIpc) is 4.14. The molecule has 6 aromatic heterocycles. The Kier molecular flexibility index (Phi) is 13.3. The topological polar surface area (TPSA) is 525 Å². The number of rotatable bonds is 17. The second-order valence-corrected chi connectivity index (χ2v) is 19.5. The van der Waals surface area contributed by atoms with Crippen LogP contribution in [0, 0.1) is 0 Å². The fraction of sp³-hybridized carbons (Fsp3) is 0.516. The molecule has 5 unspecified atom stereocenters. The number of nitrogen functional groups attached to an aromatic ring is 3. The van der Waals surface area contributed by atoms with Crippen LogP contribution in [0.15, 0.2) is 34.9 Å². The number of aliphatic hydroxyl groups excluding tert-OH is 3. The summed E-state index contributed by atoms with van der Waals surface area (Å²) in [5.74, 6) is -0.716. The Morgan fingerprint density at radius 1 is 0.600 bits per heavy atom. The van der Waals surface area contributed by atoms with Crippen LogP contribution in [0.3, 0.4) is 0 Å². The largest absolute Gasteiger partial charge is 0.472 e. The van der Waals surface area contributed by atoms with Gasteiger partial charge in [0.1, 0.15) is 66.8 Å². The summed E-state index contributed by atoms with van der Waals surface area (Å²) in [6.07, 6.45) is -16.0. The first kappa shape index (κ1) is 49.7. The first-order valence-corrected chi connectivity index (χ1v) is 24.5. The van der Waals surface area contributed by atoms with Crippen LogP contribution in [0.5, 0.6) is 0 Å². The summed E-state index contributed by atoms with van der Waals surface area (Å²) in [7, 11) is -15.0. The number of anilines is 3. The highest BCUT2D eigenvalue weighted by Gasteiger charge is 2.54. The number of nitrogens with one attached hydrogen (secondary N) is 2. The van der Waals surface area contributed by atoms with Gasteiger partial charge in [-0.3, -0.25) is 55.9 Å². The molecule has 0 bridgehead atoms. The minimum Gasteiger partial charge on any atom is -0.387 e. The van der Waals surface area contributed by atoms with E-state index in [1.165, 1.54) is 0 Å². The van der Waals surface area contributed by atoms with Crippen LogP contribution in [-0.4, -0.2) is 175 Å². The number of imidazole rings is 3. The lowest BCUT2D eigenvalue weighted by atomic mass is 10.1. The van der Waals surface area contributed by atoms with Crippen LogP contribution in [0.1, 0.15) is 18.7 Å². The van der Waals surface area contributed by atoms with Gasteiger partial charge in [-0.15, -0.1) is 0 Å². The number of hydrogen-bond acceptors (Lipinski definition) is 27. The summed E-state index contributed by atoms with van der Waals surface area (Å²) in [6.45, 7) is -3.06.